The number of carbonyl (C=O) groups is 3. The summed E-state index contributed by atoms with van der Waals surface area (Å²) in [4.78, 5) is 38.2. The lowest BCUT2D eigenvalue weighted by atomic mass is 10.1. The van der Waals surface area contributed by atoms with Gasteiger partial charge in [-0.25, -0.2) is 0 Å². The van der Waals surface area contributed by atoms with Crippen LogP contribution in [0.3, 0.4) is 0 Å². The molecule has 0 saturated heterocycles. The van der Waals surface area contributed by atoms with Gasteiger partial charge in [0.2, 0.25) is 5.91 Å². The Hall–Kier alpha value is -3.15. The number of hydrogen-bond donors (Lipinski definition) is 1. The highest BCUT2D eigenvalue weighted by molar-refractivity contribution is 6.23. The van der Waals surface area contributed by atoms with Crippen LogP contribution in [0.2, 0.25) is 0 Å². The molecule has 1 aliphatic rings. The van der Waals surface area contributed by atoms with Gasteiger partial charge in [-0.1, -0.05) is 12.1 Å². The summed E-state index contributed by atoms with van der Waals surface area (Å²) in [6.45, 7) is 1.53. The number of nitrogens with zero attached hydrogens (tertiary/aromatic N) is 1. The predicted octanol–water partition coefficient (Wildman–Crippen LogP) is 2.32. The van der Waals surface area contributed by atoms with Gasteiger partial charge >= 0.3 is 0 Å². The molecule has 1 aliphatic heterocycles. The second-order valence-corrected chi connectivity index (χ2v) is 5.42. The van der Waals surface area contributed by atoms with Crippen LogP contribution in [-0.2, 0) is 4.79 Å². The fourth-order valence-electron chi connectivity index (χ4n) is 2.60. The largest absolute Gasteiger partial charge is 0.497 e. The Balaban J connectivity index is 1.76. The molecule has 2 aromatic carbocycles. The van der Waals surface area contributed by atoms with E-state index in [4.69, 9.17) is 4.74 Å². The topological polar surface area (TPSA) is 75.7 Å². The van der Waals surface area contributed by atoms with Crippen LogP contribution < -0.4 is 10.1 Å². The Morgan fingerprint density at radius 3 is 2.04 bits per heavy atom. The summed E-state index contributed by atoms with van der Waals surface area (Å²) in [7, 11) is 1.55. The van der Waals surface area contributed by atoms with Gasteiger partial charge < -0.3 is 10.1 Å². The summed E-state index contributed by atoms with van der Waals surface area (Å²) in [5.41, 5.74) is 1.21. The van der Waals surface area contributed by atoms with Gasteiger partial charge in [0.25, 0.3) is 11.8 Å². The number of methoxy groups -OCH3 is 1. The highest BCUT2D eigenvalue weighted by Gasteiger charge is 2.40. The maximum absolute atomic E-state index is 12.4. The van der Waals surface area contributed by atoms with Gasteiger partial charge in [0.1, 0.15) is 11.8 Å². The number of anilines is 1. The molecule has 0 saturated carbocycles. The van der Waals surface area contributed by atoms with E-state index in [9.17, 15) is 14.4 Å². The molecule has 24 heavy (non-hydrogen) atoms. The quantitative estimate of drug-likeness (QED) is 0.876. The predicted molar refractivity (Wildman–Crippen MR) is 88.0 cm³/mol. The number of rotatable bonds is 4. The van der Waals surface area contributed by atoms with Crippen molar-refractivity contribution in [3.63, 3.8) is 0 Å². The lowest BCUT2D eigenvalue weighted by molar-refractivity contribution is -0.119. The molecule has 0 bridgehead atoms. The summed E-state index contributed by atoms with van der Waals surface area (Å²) in [6, 6.07) is 12.4. The van der Waals surface area contributed by atoms with Crippen LogP contribution in [0.5, 0.6) is 5.75 Å². The number of fused-ring (bicyclic) bond motifs is 1. The normalized spacial score (nSPS) is 14.3. The molecular weight excluding hydrogens is 308 g/mol. The minimum absolute atomic E-state index is 0.326. The van der Waals surface area contributed by atoms with Crippen molar-refractivity contribution in [3.8, 4) is 5.75 Å². The Morgan fingerprint density at radius 2 is 1.54 bits per heavy atom. The first-order valence-corrected chi connectivity index (χ1v) is 7.44. The fourth-order valence-corrected chi connectivity index (χ4v) is 2.60. The van der Waals surface area contributed by atoms with Crippen molar-refractivity contribution >= 4 is 23.4 Å². The van der Waals surface area contributed by atoms with Gasteiger partial charge in [-0.15, -0.1) is 0 Å². The third-order valence-corrected chi connectivity index (χ3v) is 3.95. The summed E-state index contributed by atoms with van der Waals surface area (Å²) in [5, 5.41) is 2.70. The average molecular weight is 324 g/mol. The third kappa shape index (κ3) is 2.62. The Kier molecular flexibility index (Phi) is 4.04. The molecule has 0 aromatic heterocycles. The molecule has 6 heteroatoms. The smallest absolute Gasteiger partial charge is 0.262 e. The van der Waals surface area contributed by atoms with E-state index in [1.165, 1.54) is 6.92 Å². The van der Waals surface area contributed by atoms with E-state index < -0.39 is 23.8 Å². The molecule has 122 valence electrons. The van der Waals surface area contributed by atoms with Gasteiger partial charge in [-0.3, -0.25) is 19.3 Å². The van der Waals surface area contributed by atoms with Gasteiger partial charge in [0, 0.05) is 5.69 Å². The maximum atomic E-state index is 12.4. The second kappa shape index (κ2) is 6.16. The van der Waals surface area contributed by atoms with Crippen LogP contribution >= 0.6 is 0 Å². The van der Waals surface area contributed by atoms with Crippen molar-refractivity contribution in [1.82, 2.24) is 4.90 Å². The van der Waals surface area contributed by atoms with E-state index in [0.717, 1.165) is 4.90 Å². The molecular formula is C18H16N2O4. The van der Waals surface area contributed by atoms with Crippen LogP contribution in [0.25, 0.3) is 0 Å². The zero-order valence-corrected chi connectivity index (χ0v) is 13.3. The van der Waals surface area contributed by atoms with Crippen molar-refractivity contribution in [3.05, 3.63) is 59.7 Å². The van der Waals surface area contributed by atoms with Crippen LogP contribution in [-0.4, -0.2) is 35.8 Å². The summed E-state index contributed by atoms with van der Waals surface area (Å²) in [6.07, 6.45) is 0. The molecule has 0 fully saturated rings. The van der Waals surface area contributed by atoms with E-state index in [-0.39, 0.29) is 0 Å². The van der Waals surface area contributed by atoms with Gasteiger partial charge in [0.05, 0.1) is 18.2 Å². The van der Waals surface area contributed by atoms with E-state index in [1.54, 1.807) is 55.6 Å². The van der Waals surface area contributed by atoms with Crippen molar-refractivity contribution in [2.24, 2.45) is 0 Å². The molecule has 3 rings (SSSR count). The van der Waals surface area contributed by atoms with E-state index >= 15 is 0 Å². The summed E-state index contributed by atoms with van der Waals surface area (Å²) in [5.74, 6) is -0.669. The number of carbonyl (C=O) groups excluding carboxylic acids is 3. The molecule has 2 aromatic rings. The number of ether oxygens (including phenoxy) is 1. The number of hydrogen-bond acceptors (Lipinski definition) is 4. The Bertz CT molecular complexity index is 779. The first-order valence-electron chi connectivity index (χ1n) is 7.44. The molecule has 0 radical (unpaired) electrons. The number of amides is 3. The van der Waals surface area contributed by atoms with E-state index in [1.807, 2.05) is 0 Å². The SMILES string of the molecule is COc1ccc(NC(=O)C(C)N2C(=O)c3ccccc3C2=O)cc1. The number of benzene rings is 2. The molecule has 1 heterocycles. The molecule has 6 nitrogen and oxygen atoms in total. The fraction of sp³-hybridized carbons (Fsp3) is 0.167. The molecule has 0 aliphatic carbocycles. The van der Waals surface area contributed by atoms with Crippen LogP contribution in [0.1, 0.15) is 27.6 Å². The monoisotopic (exact) mass is 324 g/mol. The van der Waals surface area contributed by atoms with Crippen LogP contribution in [0, 0.1) is 0 Å². The average Bonchev–Trinajstić information content (AvgIpc) is 2.86. The Morgan fingerprint density at radius 1 is 1.00 bits per heavy atom. The van der Waals surface area contributed by atoms with Crippen LogP contribution in [0.4, 0.5) is 5.69 Å². The zero-order chi connectivity index (χ0) is 17.3. The standard InChI is InChI=1S/C18H16N2O4/c1-11(16(21)19-12-7-9-13(24-2)10-8-12)20-17(22)14-5-3-4-6-15(14)18(20)23/h3-11H,1-2H3,(H,19,21). The second-order valence-electron chi connectivity index (χ2n) is 5.42. The van der Waals surface area contributed by atoms with Gasteiger partial charge in [-0.2, -0.15) is 0 Å². The molecule has 3 amide bonds. The number of imide groups is 1. The van der Waals surface area contributed by atoms with Crippen LogP contribution in [0.15, 0.2) is 48.5 Å². The highest BCUT2D eigenvalue weighted by Crippen LogP contribution is 2.25. The first kappa shape index (κ1) is 15.7. The van der Waals surface area contributed by atoms with Crippen molar-refractivity contribution in [1.29, 1.82) is 0 Å². The lowest BCUT2D eigenvalue weighted by Gasteiger charge is -2.21. The van der Waals surface area contributed by atoms with Gasteiger partial charge in [-0.05, 0) is 43.3 Å². The van der Waals surface area contributed by atoms with E-state index in [2.05, 4.69) is 5.32 Å². The minimum atomic E-state index is -0.917. The minimum Gasteiger partial charge on any atom is -0.497 e. The van der Waals surface area contributed by atoms with E-state index in [0.29, 0.717) is 22.6 Å². The molecule has 0 spiro atoms. The summed E-state index contributed by atoms with van der Waals surface area (Å²) < 4.78 is 5.06. The molecule has 1 unspecified atom stereocenters. The molecule has 1 atom stereocenters. The van der Waals surface area contributed by atoms with Crippen molar-refractivity contribution in [2.75, 3.05) is 12.4 Å². The first-order chi connectivity index (χ1) is 11.5. The van der Waals surface area contributed by atoms with Crippen molar-refractivity contribution < 1.29 is 19.1 Å². The lowest BCUT2D eigenvalue weighted by Crippen LogP contribution is -2.45. The third-order valence-electron chi connectivity index (χ3n) is 3.95. The molecule has 1 N–H and O–H groups in total. The Labute approximate surface area is 139 Å². The maximum Gasteiger partial charge on any atom is 0.262 e. The van der Waals surface area contributed by atoms with Crippen molar-refractivity contribution in [2.45, 2.75) is 13.0 Å². The summed E-state index contributed by atoms with van der Waals surface area (Å²) >= 11 is 0. The van der Waals surface area contributed by atoms with Gasteiger partial charge in [0.15, 0.2) is 0 Å². The number of nitrogens with one attached hydrogen (secondary N) is 1. The highest BCUT2D eigenvalue weighted by atomic mass is 16.5. The zero-order valence-electron chi connectivity index (χ0n) is 13.3.